The third-order valence-corrected chi connectivity index (χ3v) is 5.95. The van der Waals surface area contributed by atoms with Gasteiger partial charge in [-0.1, -0.05) is 31.4 Å². The molecular formula is C21H27FN4O. The molecule has 1 aromatic carbocycles. The highest BCUT2D eigenvalue weighted by Gasteiger charge is 2.26. The minimum Gasteiger partial charge on any atom is -0.369 e. The molecule has 1 aliphatic heterocycles. The fourth-order valence-corrected chi connectivity index (χ4v) is 4.42. The van der Waals surface area contributed by atoms with Crippen molar-refractivity contribution < 1.29 is 9.18 Å². The Bertz CT molecular complexity index is 776. The molecule has 6 heteroatoms. The van der Waals surface area contributed by atoms with Crippen LogP contribution in [0.25, 0.3) is 0 Å². The molecule has 2 N–H and O–H groups in total. The van der Waals surface area contributed by atoms with Crippen LogP contribution in [-0.2, 0) is 0 Å². The number of hydrogen-bond donors (Lipinski definition) is 2. The zero-order chi connectivity index (χ0) is 18.6. The number of nitrogens with zero attached hydrogens (tertiary/aromatic N) is 2. The Hall–Kier alpha value is -2.37. The van der Waals surface area contributed by atoms with E-state index in [0.717, 1.165) is 44.5 Å². The largest absolute Gasteiger partial charge is 0.369 e. The van der Waals surface area contributed by atoms with E-state index in [1.54, 1.807) is 12.3 Å². The molecule has 1 aliphatic carbocycles. The van der Waals surface area contributed by atoms with Crippen molar-refractivity contribution in [3.05, 3.63) is 47.5 Å². The Morgan fingerprint density at radius 3 is 2.59 bits per heavy atom. The van der Waals surface area contributed by atoms with Gasteiger partial charge in [-0.05, 0) is 37.8 Å². The highest BCUT2D eigenvalue weighted by molar-refractivity contribution is 5.95. The van der Waals surface area contributed by atoms with E-state index in [-0.39, 0.29) is 17.8 Å². The molecule has 2 fully saturated rings. The number of aromatic amines is 1. The highest BCUT2D eigenvalue weighted by Crippen LogP contribution is 2.33. The second-order valence-corrected chi connectivity index (χ2v) is 7.72. The minimum absolute atomic E-state index is 0.0336. The maximum Gasteiger partial charge on any atom is 0.254 e. The van der Waals surface area contributed by atoms with Crippen molar-refractivity contribution in [3.8, 4) is 0 Å². The number of para-hydroxylation sites is 1. The maximum atomic E-state index is 14.0. The average molecular weight is 370 g/mol. The topological polar surface area (TPSA) is 61.0 Å². The number of rotatable bonds is 4. The predicted octanol–water partition coefficient (Wildman–Crippen LogP) is 4.00. The second kappa shape index (κ2) is 8.11. The molecular weight excluding hydrogens is 343 g/mol. The summed E-state index contributed by atoms with van der Waals surface area (Å²) in [6.45, 7) is 1.49. The Balaban J connectivity index is 1.35. The molecule has 5 nitrogen and oxygen atoms in total. The Labute approximate surface area is 159 Å². The number of hydrogen-bond acceptors (Lipinski definition) is 3. The molecule has 0 unspecified atom stereocenters. The van der Waals surface area contributed by atoms with Crippen molar-refractivity contribution >= 4 is 11.6 Å². The summed E-state index contributed by atoms with van der Waals surface area (Å²) in [7, 11) is 0. The molecule has 0 bridgehead atoms. The molecule has 1 saturated heterocycles. The lowest BCUT2D eigenvalue weighted by Gasteiger charge is -2.34. The smallest absolute Gasteiger partial charge is 0.254 e. The van der Waals surface area contributed by atoms with Gasteiger partial charge in [-0.2, -0.15) is 5.10 Å². The zero-order valence-corrected chi connectivity index (χ0v) is 15.6. The molecule has 144 valence electrons. The van der Waals surface area contributed by atoms with Gasteiger partial charge in [0.1, 0.15) is 5.82 Å². The molecule has 1 amide bonds. The van der Waals surface area contributed by atoms with Crippen LogP contribution in [0, 0.1) is 5.82 Å². The fraction of sp³-hybridized carbons (Fsp3) is 0.524. The van der Waals surface area contributed by atoms with Gasteiger partial charge < -0.3 is 10.2 Å². The van der Waals surface area contributed by atoms with Gasteiger partial charge >= 0.3 is 0 Å². The number of anilines is 1. The van der Waals surface area contributed by atoms with Gasteiger partial charge in [0.25, 0.3) is 5.91 Å². The van der Waals surface area contributed by atoms with Gasteiger partial charge in [0, 0.05) is 25.0 Å². The van der Waals surface area contributed by atoms with E-state index in [1.165, 1.54) is 25.3 Å². The minimum atomic E-state index is -0.185. The van der Waals surface area contributed by atoms with E-state index >= 15 is 0 Å². The van der Waals surface area contributed by atoms with Crippen molar-refractivity contribution in [2.75, 3.05) is 18.0 Å². The monoisotopic (exact) mass is 370 g/mol. The third-order valence-electron chi connectivity index (χ3n) is 5.95. The van der Waals surface area contributed by atoms with Gasteiger partial charge in [-0.15, -0.1) is 0 Å². The van der Waals surface area contributed by atoms with Crippen LogP contribution >= 0.6 is 0 Å². The van der Waals surface area contributed by atoms with Crippen LogP contribution in [0.2, 0.25) is 0 Å². The van der Waals surface area contributed by atoms with Crippen LogP contribution in [-0.4, -0.2) is 35.2 Å². The number of amides is 1. The first kappa shape index (κ1) is 18.0. The Morgan fingerprint density at radius 2 is 1.85 bits per heavy atom. The standard InChI is InChI=1S/C21H27FN4O/c22-18-8-4-5-9-19(18)26-12-10-16(11-13-26)24-21(27)17-14-23-25-20(17)15-6-2-1-3-7-15/h4-5,8-9,14-16H,1-3,6-7,10-13H2,(H,23,25)(H,24,27). The van der Waals surface area contributed by atoms with E-state index in [9.17, 15) is 9.18 Å². The van der Waals surface area contributed by atoms with Crippen LogP contribution in [0.15, 0.2) is 30.5 Å². The summed E-state index contributed by atoms with van der Waals surface area (Å²) in [5.74, 6) is 0.203. The predicted molar refractivity (Wildman–Crippen MR) is 104 cm³/mol. The number of carbonyl (C=O) groups is 1. The summed E-state index contributed by atoms with van der Waals surface area (Å²) in [6.07, 6.45) is 9.28. The number of carbonyl (C=O) groups excluding carboxylic acids is 1. The lowest BCUT2D eigenvalue weighted by Crippen LogP contribution is -2.45. The number of piperidine rings is 1. The maximum absolute atomic E-state index is 14.0. The fourth-order valence-electron chi connectivity index (χ4n) is 4.42. The van der Waals surface area contributed by atoms with Crippen molar-refractivity contribution in [2.24, 2.45) is 0 Å². The van der Waals surface area contributed by atoms with E-state index in [0.29, 0.717) is 17.2 Å². The van der Waals surface area contributed by atoms with Gasteiger partial charge in [-0.25, -0.2) is 4.39 Å². The number of aromatic nitrogens is 2. The van der Waals surface area contributed by atoms with Gasteiger partial charge in [0.2, 0.25) is 0 Å². The summed E-state index contributed by atoms with van der Waals surface area (Å²) < 4.78 is 14.0. The van der Waals surface area contributed by atoms with E-state index in [2.05, 4.69) is 20.4 Å². The molecule has 2 aliphatic rings. The summed E-state index contributed by atoms with van der Waals surface area (Å²) >= 11 is 0. The lowest BCUT2D eigenvalue weighted by atomic mass is 9.85. The molecule has 4 rings (SSSR count). The first-order valence-electron chi connectivity index (χ1n) is 10.1. The molecule has 1 saturated carbocycles. The van der Waals surface area contributed by atoms with Crippen LogP contribution in [0.4, 0.5) is 10.1 Å². The summed E-state index contributed by atoms with van der Waals surface area (Å²) in [6, 6.07) is 7.00. The average Bonchev–Trinajstić information content (AvgIpc) is 3.20. The van der Waals surface area contributed by atoms with Gasteiger partial charge in [0.05, 0.1) is 23.1 Å². The number of benzene rings is 1. The Kier molecular flexibility index (Phi) is 5.41. The van der Waals surface area contributed by atoms with Crippen molar-refractivity contribution in [1.29, 1.82) is 0 Å². The molecule has 2 aromatic rings. The Morgan fingerprint density at radius 1 is 1.11 bits per heavy atom. The quantitative estimate of drug-likeness (QED) is 0.855. The molecule has 27 heavy (non-hydrogen) atoms. The third kappa shape index (κ3) is 3.99. The van der Waals surface area contributed by atoms with Crippen LogP contribution < -0.4 is 10.2 Å². The van der Waals surface area contributed by atoms with Crippen molar-refractivity contribution in [1.82, 2.24) is 15.5 Å². The van der Waals surface area contributed by atoms with Crippen LogP contribution in [0.3, 0.4) is 0 Å². The molecule has 0 atom stereocenters. The van der Waals surface area contributed by atoms with Gasteiger partial charge in [0.15, 0.2) is 0 Å². The highest BCUT2D eigenvalue weighted by atomic mass is 19.1. The van der Waals surface area contributed by atoms with E-state index < -0.39 is 0 Å². The number of H-pyrrole nitrogens is 1. The first-order valence-corrected chi connectivity index (χ1v) is 10.1. The lowest BCUT2D eigenvalue weighted by molar-refractivity contribution is 0.0929. The summed E-state index contributed by atoms with van der Waals surface area (Å²) in [5, 5.41) is 10.4. The first-order chi connectivity index (χ1) is 13.2. The second-order valence-electron chi connectivity index (χ2n) is 7.72. The number of halogens is 1. The van der Waals surface area contributed by atoms with Crippen molar-refractivity contribution in [2.45, 2.75) is 56.9 Å². The van der Waals surface area contributed by atoms with Gasteiger partial charge in [-0.3, -0.25) is 9.89 Å². The normalized spacial score (nSPS) is 19.2. The van der Waals surface area contributed by atoms with Crippen molar-refractivity contribution in [3.63, 3.8) is 0 Å². The summed E-state index contributed by atoms with van der Waals surface area (Å²) in [5.41, 5.74) is 2.34. The zero-order valence-electron chi connectivity index (χ0n) is 15.6. The van der Waals surface area contributed by atoms with Crippen LogP contribution in [0.5, 0.6) is 0 Å². The summed E-state index contributed by atoms with van der Waals surface area (Å²) in [4.78, 5) is 14.9. The van der Waals surface area contributed by atoms with E-state index in [4.69, 9.17) is 0 Å². The molecule has 0 radical (unpaired) electrons. The molecule has 0 spiro atoms. The molecule has 1 aromatic heterocycles. The molecule has 2 heterocycles. The van der Waals surface area contributed by atoms with Crippen LogP contribution in [0.1, 0.15) is 66.9 Å². The number of nitrogens with one attached hydrogen (secondary N) is 2. The van der Waals surface area contributed by atoms with E-state index in [1.807, 2.05) is 12.1 Å². The SMILES string of the molecule is O=C(NC1CCN(c2ccccc2F)CC1)c1cn[nH]c1C1CCCCC1.